The number of carbonyl (C=O) groups is 1. The number of esters is 1. The fraction of sp³-hybridized carbons (Fsp3) is 0.533. The summed E-state index contributed by atoms with van der Waals surface area (Å²) in [4.78, 5) is 14.2. The van der Waals surface area contributed by atoms with Crippen LogP contribution >= 0.6 is 0 Å². The van der Waals surface area contributed by atoms with Gasteiger partial charge < -0.3 is 15.4 Å². The quantitative estimate of drug-likeness (QED) is 0.655. The lowest BCUT2D eigenvalue weighted by molar-refractivity contribution is 0.0601. The maximum Gasteiger partial charge on any atom is 0.339 e. The monoisotopic (exact) mass is 260 g/mol. The number of nitrogen functional groups attached to an aromatic ring is 1. The van der Waals surface area contributed by atoms with E-state index in [9.17, 15) is 4.79 Å². The molecule has 1 aliphatic heterocycles. The van der Waals surface area contributed by atoms with Crippen LogP contribution in [0.15, 0.2) is 18.2 Å². The van der Waals surface area contributed by atoms with Crippen molar-refractivity contribution in [2.75, 3.05) is 30.8 Å². The van der Waals surface area contributed by atoms with Gasteiger partial charge in [0, 0.05) is 18.8 Å². The second kappa shape index (κ2) is 4.44. The van der Waals surface area contributed by atoms with Gasteiger partial charge in [-0.15, -0.1) is 0 Å². The smallest absolute Gasteiger partial charge is 0.339 e. The maximum absolute atomic E-state index is 11.9. The normalized spacial score (nSPS) is 20.4. The maximum atomic E-state index is 11.9. The van der Waals surface area contributed by atoms with Gasteiger partial charge in [0.05, 0.1) is 18.4 Å². The average Bonchev–Trinajstić information content (AvgIpc) is 2.83. The van der Waals surface area contributed by atoms with E-state index >= 15 is 0 Å². The molecule has 3 rings (SSSR count). The molecule has 0 atom stereocenters. The fourth-order valence-electron chi connectivity index (χ4n) is 3.32. The second-order valence-electron chi connectivity index (χ2n) is 5.79. The molecule has 1 saturated carbocycles. The summed E-state index contributed by atoms with van der Waals surface area (Å²) < 4.78 is 4.86. The lowest BCUT2D eigenvalue weighted by Gasteiger charge is -2.38. The number of hydrogen-bond donors (Lipinski definition) is 1. The molecule has 0 bridgehead atoms. The number of anilines is 2. The number of hydrogen-bond acceptors (Lipinski definition) is 4. The standard InChI is InChI=1S/C15H20N2O2/c1-19-14(18)12-4-3-11(16)9-13(12)17-8-7-15(10-17)5-2-6-15/h3-4,9H,2,5-8,10,16H2,1H3. The van der Waals surface area contributed by atoms with Crippen molar-refractivity contribution in [1.29, 1.82) is 0 Å². The third-order valence-electron chi connectivity index (χ3n) is 4.62. The van der Waals surface area contributed by atoms with Crippen LogP contribution in [0.3, 0.4) is 0 Å². The SMILES string of the molecule is COC(=O)c1ccc(N)cc1N1CCC2(CCC2)C1. The van der Waals surface area contributed by atoms with Crippen LogP contribution in [0.5, 0.6) is 0 Å². The van der Waals surface area contributed by atoms with Crippen LogP contribution in [-0.2, 0) is 4.74 Å². The third-order valence-corrected chi connectivity index (χ3v) is 4.62. The second-order valence-corrected chi connectivity index (χ2v) is 5.79. The van der Waals surface area contributed by atoms with Crippen molar-refractivity contribution in [1.82, 2.24) is 0 Å². The van der Waals surface area contributed by atoms with Gasteiger partial charge in [0.1, 0.15) is 0 Å². The molecule has 102 valence electrons. The van der Waals surface area contributed by atoms with Gasteiger partial charge in [0.25, 0.3) is 0 Å². The van der Waals surface area contributed by atoms with Gasteiger partial charge in [0.2, 0.25) is 0 Å². The van der Waals surface area contributed by atoms with Gasteiger partial charge in [-0.1, -0.05) is 6.42 Å². The summed E-state index contributed by atoms with van der Waals surface area (Å²) in [5.74, 6) is -0.287. The van der Waals surface area contributed by atoms with E-state index in [1.54, 1.807) is 12.1 Å². The summed E-state index contributed by atoms with van der Waals surface area (Å²) in [5.41, 5.74) is 8.61. The molecule has 2 fully saturated rings. The first kappa shape index (κ1) is 12.3. The molecule has 1 heterocycles. The van der Waals surface area contributed by atoms with Crippen LogP contribution in [0.1, 0.15) is 36.0 Å². The van der Waals surface area contributed by atoms with E-state index in [1.807, 2.05) is 6.07 Å². The third kappa shape index (κ3) is 2.05. The van der Waals surface area contributed by atoms with Crippen molar-refractivity contribution in [2.45, 2.75) is 25.7 Å². The van der Waals surface area contributed by atoms with Gasteiger partial charge in [-0.25, -0.2) is 4.79 Å². The summed E-state index contributed by atoms with van der Waals surface area (Å²) in [6, 6.07) is 5.41. The molecule has 1 saturated heterocycles. The summed E-state index contributed by atoms with van der Waals surface area (Å²) in [5, 5.41) is 0. The van der Waals surface area contributed by atoms with Crippen LogP contribution < -0.4 is 10.6 Å². The number of ether oxygens (including phenoxy) is 1. The highest BCUT2D eigenvalue weighted by molar-refractivity contribution is 5.96. The zero-order valence-electron chi connectivity index (χ0n) is 11.3. The lowest BCUT2D eigenvalue weighted by Crippen LogP contribution is -2.33. The highest BCUT2D eigenvalue weighted by Crippen LogP contribution is 2.49. The molecule has 1 aromatic carbocycles. The van der Waals surface area contributed by atoms with Gasteiger partial charge >= 0.3 is 5.97 Å². The number of nitrogens with two attached hydrogens (primary N) is 1. The van der Waals surface area contributed by atoms with Gasteiger partial charge in [-0.2, -0.15) is 0 Å². The Morgan fingerprint density at radius 1 is 1.37 bits per heavy atom. The molecule has 0 aromatic heterocycles. The molecule has 1 spiro atoms. The van der Waals surface area contributed by atoms with Crippen LogP contribution in [0.4, 0.5) is 11.4 Å². The van der Waals surface area contributed by atoms with Crippen molar-refractivity contribution in [3.8, 4) is 0 Å². The van der Waals surface area contributed by atoms with E-state index in [0.29, 0.717) is 16.7 Å². The molecule has 1 aromatic rings. The molecule has 1 aliphatic carbocycles. The van der Waals surface area contributed by atoms with Crippen molar-refractivity contribution in [3.05, 3.63) is 23.8 Å². The summed E-state index contributed by atoms with van der Waals surface area (Å²) in [6.07, 6.45) is 5.20. The van der Waals surface area contributed by atoms with Crippen molar-refractivity contribution >= 4 is 17.3 Å². The van der Waals surface area contributed by atoms with E-state index in [4.69, 9.17) is 10.5 Å². The molecule has 0 amide bonds. The zero-order chi connectivity index (χ0) is 13.5. The van der Waals surface area contributed by atoms with E-state index in [-0.39, 0.29) is 5.97 Å². The average molecular weight is 260 g/mol. The number of nitrogens with zero attached hydrogens (tertiary/aromatic N) is 1. The molecule has 0 radical (unpaired) electrons. The van der Waals surface area contributed by atoms with Gasteiger partial charge in [0.15, 0.2) is 0 Å². The Balaban J connectivity index is 1.91. The van der Waals surface area contributed by atoms with Gasteiger partial charge in [-0.3, -0.25) is 0 Å². The molecular formula is C15H20N2O2. The summed E-state index contributed by atoms with van der Waals surface area (Å²) in [7, 11) is 1.42. The molecular weight excluding hydrogens is 240 g/mol. The highest BCUT2D eigenvalue weighted by Gasteiger charge is 2.43. The molecule has 2 aliphatic rings. The fourth-order valence-corrected chi connectivity index (χ4v) is 3.32. The first-order valence-electron chi connectivity index (χ1n) is 6.86. The zero-order valence-corrected chi connectivity index (χ0v) is 11.3. The number of benzene rings is 1. The Morgan fingerprint density at radius 2 is 2.16 bits per heavy atom. The van der Waals surface area contributed by atoms with Crippen LogP contribution in [0.25, 0.3) is 0 Å². The van der Waals surface area contributed by atoms with E-state index in [2.05, 4.69) is 4.90 Å². The minimum atomic E-state index is -0.287. The Kier molecular flexibility index (Phi) is 2.88. The predicted octanol–water partition coefficient (Wildman–Crippen LogP) is 2.44. The summed E-state index contributed by atoms with van der Waals surface area (Å²) in [6.45, 7) is 2.05. The van der Waals surface area contributed by atoms with Crippen LogP contribution in [-0.4, -0.2) is 26.2 Å². The number of methoxy groups -OCH3 is 1. The van der Waals surface area contributed by atoms with Crippen molar-refractivity contribution in [3.63, 3.8) is 0 Å². The first-order chi connectivity index (χ1) is 9.13. The minimum Gasteiger partial charge on any atom is -0.465 e. The van der Waals surface area contributed by atoms with Crippen molar-refractivity contribution in [2.24, 2.45) is 5.41 Å². The molecule has 19 heavy (non-hydrogen) atoms. The lowest BCUT2D eigenvalue weighted by atomic mass is 9.68. The first-order valence-corrected chi connectivity index (χ1v) is 6.86. The molecule has 2 N–H and O–H groups in total. The highest BCUT2D eigenvalue weighted by atomic mass is 16.5. The van der Waals surface area contributed by atoms with Crippen molar-refractivity contribution < 1.29 is 9.53 Å². The minimum absolute atomic E-state index is 0.287. The van der Waals surface area contributed by atoms with Crippen LogP contribution in [0, 0.1) is 5.41 Å². The largest absolute Gasteiger partial charge is 0.465 e. The van der Waals surface area contributed by atoms with Gasteiger partial charge in [-0.05, 0) is 42.9 Å². The number of rotatable bonds is 2. The van der Waals surface area contributed by atoms with E-state index < -0.39 is 0 Å². The van der Waals surface area contributed by atoms with E-state index in [0.717, 1.165) is 18.8 Å². The van der Waals surface area contributed by atoms with Crippen LogP contribution in [0.2, 0.25) is 0 Å². The molecule has 4 heteroatoms. The Hall–Kier alpha value is -1.71. The molecule has 0 unspecified atom stereocenters. The topological polar surface area (TPSA) is 55.6 Å². The number of carbonyl (C=O) groups excluding carboxylic acids is 1. The Bertz CT molecular complexity index is 509. The Labute approximate surface area is 113 Å². The molecule has 4 nitrogen and oxygen atoms in total. The Morgan fingerprint density at radius 3 is 2.74 bits per heavy atom. The van der Waals surface area contributed by atoms with E-state index in [1.165, 1.54) is 32.8 Å². The predicted molar refractivity (Wildman–Crippen MR) is 75.3 cm³/mol. The summed E-state index contributed by atoms with van der Waals surface area (Å²) >= 11 is 0.